The molecule has 164 valence electrons. The molecule has 1 aromatic carbocycles. The van der Waals surface area contributed by atoms with E-state index in [0.717, 1.165) is 61.4 Å². The Bertz CT molecular complexity index is 668. The molecule has 0 bridgehead atoms. The zero-order chi connectivity index (χ0) is 19.8. The number of aliphatic imine (C=N–C) groups is 1. The first kappa shape index (κ1) is 25.0. The van der Waals surface area contributed by atoms with Crippen LogP contribution in [0.3, 0.4) is 0 Å². The van der Waals surface area contributed by atoms with Crippen LogP contribution in [-0.2, 0) is 17.0 Å². The summed E-state index contributed by atoms with van der Waals surface area (Å²) in [6.07, 6.45) is 3.23. The Balaban J connectivity index is 0.00000300. The van der Waals surface area contributed by atoms with E-state index in [1.807, 2.05) is 24.1 Å². The molecule has 2 N–H and O–H groups in total. The zero-order valence-electron chi connectivity index (χ0n) is 17.2. The number of hydrogen-bond acceptors (Lipinski definition) is 5. The van der Waals surface area contributed by atoms with Crippen molar-refractivity contribution in [2.24, 2.45) is 4.99 Å². The van der Waals surface area contributed by atoms with Crippen LogP contribution in [0.4, 0.5) is 4.39 Å². The molecule has 0 spiro atoms. The molecule has 0 saturated carbocycles. The van der Waals surface area contributed by atoms with Crippen molar-refractivity contribution in [1.82, 2.24) is 15.5 Å². The van der Waals surface area contributed by atoms with E-state index in [4.69, 9.17) is 4.74 Å². The smallest absolute Gasteiger partial charge is 0.191 e. The van der Waals surface area contributed by atoms with Gasteiger partial charge < -0.3 is 15.4 Å². The minimum atomic E-state index is -0.179. The molecule has 0 aromatic heterocycles. The van der Waals surface area contributed by atoms with Gasteiger partial charge >= 0.3 is 0 Å². The first-order valence-electron chi connectivity index (χ1n) is 9.78. The molecular formula is C20H32FIN4OS2. The SMILES string of the molecule is CN=C(NCc1ccc(F)cc1CSC)NCC1(N2CCOCC2)CCSC1.I. The van der Waals surface area contributed by atoms with Crippen LogP contribution in [0.1, 0.15) is 17.5 Å². The third-order valence-electron chi connectivity index (χ3n) is 5.49. The molecule has 0 amide bonds. The topological polar surface area (TPSA) is 48.9 Å². The summed E-state index contributed by atoms with van der Waals surface area (Å²) in [5.74, 6) is 3.77. The maximum atomic E-state index is 13.6. The molecule has 1 unspecified atom stereocenters. The molecule has 9 heteroatoms. The van der Waals surface area contributed by atoms with Gasteiger partial charge in [0.05, 0.1) is 13.2 Å². The summed E-state index contributed by atoms with van der Waals surface area (Å²) in [6, 6.07) is 5.02. The lowest BCUT2D eigenvalue weighted by Crippen LogP contribution is -2.60. The molecular weight excluding hydrogens is 522 g/mol. The summed E-state index contributed by atoms with van der Waals surface area (Å²) in [5.41, 5.74) is 2.32. The second-order valence-corrected chi connectivity index (χ2v) is 9.22. The number of guanidine groups is 1. The quantitative estimate of drug-likeness (QED) is 0.307. The average molecular weight is 555 g/mol. The largest absolute Gasteiger partial charge is 0.379 e. The summed E-state index contributed by atoms with van der Waals surface area (Å²) in [6.45, 7) is 5.16. The van der Waals surface area contributed by atoms with Crippen molar-refractivity contribution in [2.75, 3.05) is 57.7 Å². The molecule has 2 fully saturated rings. The lowest BCUT2D eigenvalue weighted by Gasteiger charge is -2.43. The normalized spacial score (nSPS) is 22.9. The Morgan fingerprint density at radius 2 is 2.10 bits per heavy atom. The highest BCUT2D eigenvalue weighted by atomic mass is 127. The molecule has 0 radical (unpaired) electrons. The third-order valence-corrected chi connectivity index (χ3v) is 7.32. The second-order valence-electron chi connectivity index (χ2n) is 7.25. The zero-order valence-corrected chi connectivity index (χ0v) is 21.2. The third kappa shape index (κ3) is 6.88. The van der Waals surface area contributed by atoms with E-state index < -0.39 is 0 Å². The molecule has 5 nitrogen and oxygen atoms in total. The number of thioether (sulfide) groups is 2. The number of halogens is 2. The minimum Gasteiger partial charge on any atom is -0.379 e. The Morgan fingerprint density at radius 1 is 1.31 bits per heavy atom. The molecule has 0 aliphatic carbocycles. The maximum absolute atomic E-state index is 13.6. The fourth-order valence-electron chi connectivity index (χ4n) is 3.84. The van der Waals surface area contributed by atoms with Gasteiger partial charge in [-0.05, 0) is 41.7 Å². The molecule has 1 aromatic rings. The summed E-state index contributed by atoms with van der Waals surface area (Å²) >= 11 is 3.73. The number of nitrogens with one attached hydrogen (secondary N) is 2. The van der Waals surface area contributed by atoms with E-state index in [-0.39, 0.29) is 35.3 Å². The van der Waals surface area contributed by atoms with E-state index in [0.29, 0.717) is 6.54 Å². The van der Waals surface area contributed by atoms with Gasteiger partial charge in [-0.1, -0.05) is 6.07 Å². The maximum Gasteiger partial charge on any atom is 0.191 e. The van der Waals surface area contributed by atoms with Crippen molar-refractivity contribution in [2.45, 2.75) is 24.3 Å². The van der Waals surface area contributed by atoms with Gasteiger partial charge in [0.2, 0.25) is 0 Å². The van der Waals surface area contributed by atoms with Crippen LogP contribution in [0.5, 0.6) is 0 Å². The van der Waals surface area contributed by atoms with E-state index in [2.05, 4.69) is 20.5 Å². The molecule has 2 aliphatic heterocycles. The highest BCUT2D eigenvalue weighted by Gasteiger charge is 2.40. The monoisotopic (exact) mass is 554 g/mol. The number of rotatable bonds is 7. The van der Waals surface area contributed by atoms with Gasteiger partial charge in [-0.25, -0.2) is 4.39 Å². The average Bonchev–Trinajstić information content (AvgIpc) is 3.20. The van der Waals surface area contributed by atoms with Crippen molar-refractivity contribution in [3.63, 3.8) is 0 Å². The minimum absolute atomic E-state index is 0. The molecule has 29 heavy (non-hydrogen) atoms. The summed E-state index contributed by atoms with van der Waals surface area (Å²) in [4.78, 5) is 6.99. The van der Waals surface area contributed by atoms with Crippen molar-refractivity contribution in [3.05, 3.63) is 35.1 Å². The van der Waals surface area contributed by atoms with E-state index in [1.165, 1.54) is 18.2 Å². The highest BCUT2D eigenvalue weighted by molar-refractivity contribution is 14.0. The predicted molar refractivity (Wildman–Crippen MR) is 134 cm³/mol. The molecule has 3 rings (SSSR count). The fourth-order valence-corrected chi connectivity index (χ4v) is 5.90. The van der Waals surface area contributed by atoms with Gasteiger partial charge in [-0.3, -0.25) is 9.89 Å². The number of morpholine rings is 1. The van der Waals surface area contributed by atoms with Gasteiger partial charge in [-0.2, -0.15) is 23.5 Å². The van der Waals surface area contributed by atoms with Crippen molar-refractivity contribution >= 4 is 53.5 Å². The highest BCUT2D eigenvalue weighted by Crippen LogP contribution is 2.33. The Kier molecular flexibility index (Phi) is 10.9. The van der Waals surface area contributed by atoms with Crippen LogP contribution in [0.2, 0.25) is 0 Å². The van der Waals surface area contributed by atoms with Crippen LogP contribution < -0.4 is 10.6 Å². The summed E-state index contributed by atoms with van der Waals surface area (Å²) < 4.78 is 19.1. The van der Waals surface area contributed by atoms with E-state index in [1.54, 1.807) is 24.9 Å². The van der Waals surface area contributed by atoms with Crippen molar-refractivity contribution in [3.8, 4) is 0 Å². The number of benzene rings is 1. The number of nitrogens with zero attached hydrogens (tertiary/aromatic N) is 2. The first-order chi connectivity index (χ1) is 13.7. The molecule has 2 aliphatic rings. The van der Waals surface area contributed by atoms with Gasteiger partial charge in [0.25, 0.3) is 0 Å². The van der Waals surface area contributed by atoms with Crippen LogP contribution in [0, 0.1) is 5.82 Å². The predicted octanol–water partition coefficient (Wildman–Crippen LogP) is 3.18. The molecule has 2 heterocycles. The van der Waals surface area contributed by atoms with Gasteiger partial charge in [0.15, 0.2) is 5.96 Å². The molecule has 2 saturated heterocycles. The molecule has 1 atom stereocenters. The van der Waals surface area contributed by atoms with Crippen molar-refractivity contribution in [1.29, 1.82) is 0 Å². The second kappa shape index (κ2) is 12.6. The van der Waals surface area contributed by atoms with E-state index in [9.17, 15) is 4.39 Å². The number of ether oxygens (including phenoxy) is 1. The Morgan fingerprint density at radius 3 is 2.76 bits per heavy atom. The fraction of sp³-hybridized carbons (Fsp3) is 0.650. The Labute approximate surface area is 199 Å². The van der Waals surface area contributed by atoms with E-state index >= 15 is 0 Å². The van der Waals surface area contributed by atoms with Gasteiger partial charge in [0, 0.05) is 50.3 Å². The first-order valence-corrected chi connectivity index (χ1v) is 12.3. The number of hydrogen-bond donors (Lipinski definition) is 2. The summed E-state index contributed by atoms with van der Waals surface area (Å²) in [5, 5.41) is 6.95. The van der Waals surface area contributed by atoms with Crippen LogP contribution in [0.15, 0.2) is 23.2 Å². The Hall–Kier alpha value is -0.230. The van der Waals surface area contributed by atoms with Crippen LogP contribution in [0.25, 0.3) is 0 Å². The lowest BCUT2D eigenvalue weighted by molar-refractivity contribution is -0.0120. The van der Waals surface area contributed by atoms with Gasteiger partial charge in [0.1, 0.15) is 5.82 Å². The lowest BCUT2D eigenvalue weighted by atomic mass is 9.95. The summed E-state index contributed by atoms with van der Waals surface area (Å²) in [7, 11) is 1.80. The van der Waals surface area contributed by atoms with Crippen molar-refractivity contribution < 1.29 is 9.13 Å². The van der Waals surface area contributed by atoms with Gasteiger partial charge in [-0.15, -0.1) is 24.0 Å². The van der Waals surface area contributed by atoms with Crippen LogP contribution >= 0.6 is 47.5 Å². The van der Waals surface area contributed by atoms with Crippen LogP contribution in [-0.4, -0.2) is 74.1 Å². The standard InChI is InChI=1S/C20H31FN4OS2.HI/c1-22-19(23-12-16-3-4-18(21)11-17(16)13-27-2)24-14-20(5-10-28-15-20)25-6-8-26-9-7-25;/h3-4,11H,5-10,12-15H2,1-2H3,(H2,22,23,24);1H.